The number of ether oxygens (including phenoxy) is 2. The summed E-state index contributed by atoms with van der Waals surface area (Å²) < 4.78 is 10.6. The maximum absolute atomic E-state index is 11.9. The average molecular weight is 487 g/mol. The molecule has 10 heteroatoms. The molecule has 2 rings (SSSR count). The Morgan fingerprint density at radius 1 is 0.676 bits per heavy atom. The SMILES string of the molecule is C[C@@H]1C[C@@H](C(=O)O)CCN1C(=O)OC(C)(C)C.C[C@H]1C[C@H](C(=O)O)CCN1C(=O)OC(C)(C)C. The molecular formula is C24H42N2O8. The highest BCUT2D eigenvalue weighted by Crippen LogP contribution is 2.26. The highest BCUT2D eigenvalue weighted by Gasteiger charge is 2.35. The smallest absolute Gasteiger partial charge is 0.410 e. The van der Waals surface area contributed by atoms with Crippen molar-refractivity contribution < 1.29 is 38.9 Å². The van der Waals surface area contributed by atoms with E-state index in [0.29, 0.717) is 38.8 Å². The standard InChI is InChI=1S/2C12H21NO4/c2*1-8-7-9(10(14)15)5-6-13(8)11(16)17-12(2,3)4/h2*8-9H,5-7H2,1-4H3,(H,14,15)/t2*8-,9+/m10/s1. The van der Waals surface area contributed by atoms with E-state index in [-0.39, 0.29) is 36.1 Å². The van der Waals surface area contributed by atoms with Crippen LogP contribution in [0.3, 0.4) is 0 Å². The lowest BCUT2D eigenvalue weighted by Gasteiger charge is -2.37. The first kappa shape index (κ1) is 29.5. The largest absolute Gasteiger partial charge is 0.481 e. The molecule has 0 aromatic carbocycles. The van der Waals surface area contributed by atoms with Gasteiger partial charge in [-0.2, -0.15) is 0 Å². The number of rotatable bonds is 2. The van der Waals surface area contributed by atoms with Gasteiger partial charge in [-0.05, 0) is 81.1 Å². The van der Waals surface area contributed by atoms with Crippen LogP contribution >= 0.6 is 0 Å². The van der Waals surface area contributed by atoms with Crippen LogP contribution in [0, 0.1) is 11.8 Å². The number of carboxylic acid groups (broad SMARTS) is 2. The van der Waals surface area contributed by atoms with E-state index < -0.39 is 23.1 Å². The Hall–Kier alpha value is -2.52. The predicted molar refractivity (Wildman–Crippen MR) is 126 cm³/mol. The van der Waals surface area contributed by atoms with Crippen LogP contribution in [0.25, 0.3) is 0 Å². The number of aliphatic carboxylic acids is 2. The van der Waals surface area contributed by atoms with Gasteiger partial charge in [-0.15, -0.1) is 0 Å². The number of piperidine rings is 2. The van der Waals surface area contributed by atoms with Crippen LogP contribution in [0.5, 0.6) is 0 Å². The predicted octanol–water partition coefficient (Wildman–Crippen LogP) is 4.21. The molecule has 0 spiro atoms. The van der Waals surface area contributed by atoms with Gasteiger partial charge in [0.2, 0.25) is 0 Å². The molecule has 0 saturated carbocycles. The molecule has 2 heterocycles. The molecule has 0 aliphatic carbocycles. The Labute approximate surface area is 202 Å². The summed E-state index contributed by atoms with van der Waals surface area (Å²) in [5.74, 6) is -2.24. The van der Waals surface area contributed by atoms with Gasteiger partial charge in [0.15, 0.2) is 0 Å². The summed E-state index contributed by atoms with van der Waals surface area (Å²) >= 11 is 0. The van der Waals surface area contributed by atoms with Gasteiger partial charge in [0.05, 0.1) is 11.8 Å². The van der Waals surface area contributed by atoms with Crippen LogP contribution in [0.4, 0.5) is 9.59 Å². The zero-order valence-electron chi connectivity index (χ0n) is 21.8. The van der Waals surface area contributed by atoms with Crippen LogP contribution in [0.15, 0.2) is 0 Å². The third-order valence-corrected chi connectivity index (χ3v) is 5.71. The molecule has 2 N–H and O–H groups in total. The quantitative estimate of drug-likeness (QED) is 0.593. The summed E-state index contributed by atoms with van der Waals surface area (Å²) in [5, 5.41) is 17.9. The molecule has 34 heavy (non-hydrogen) atoms. The molecule has 0 unspecified atom stereocenters. The lowest BCUT2D eigenvalue weighted by molar-refractivity contribution is -0.144. The van der Waals surface area contributed by atoms with Crippen LogP contribution in [-0.2, 0) is 19.1 Å². The third-order valence-electron chi connectivity index (χ3n) is 5.71. The molecule has 2 fully saturated rings. The Balaban J connectivity index is 0.000000340. The van der Waals surface area contributed by atoms with Crippen LogP contribution in [-0.4, -0.2) is 80.5 Å². The van der Waals surface area contributed by atoms with Gasteiger partial charge in [-0.25, -0.2) is 9.59 Å². The number of carbonyl (C=O) groups excluding carboxylic acids is 2. The number of amides is 2. The number of nitrogens with zero attached hydrogens (tertiary/aromatic N) is 2. The van der Waals surface area contributed by atoms with Crippen molar-refractivity contribution in [3.05, 3.63) is 0 Å². The zero-order chi connectivity index (χ0) is 26.4. The van der Waals surface area contributed by atoms with Crippen molar-refractivity contribution >= 4 is 24.1 Å². The number of carbonyl (C=O) groups is 4. The van der Waals surface area contributed by atoms with Gasteiger partial charge in [0.25, 0.3) is 0 Å². The summed E-state index contributed by atoms with van der Waals surface area (Å²) in [5.41, 5.74) is -1.03. The second-order valence-electron chi connectivity index (χ2n) is 11.2. The first-order valence-corrected chi connectivity index (χ1v) is 11.9. The van der Waals surface area contributed by atoms with Gasteiger partial charge in [-0.3, -0.25) is 9.59 Å². The van der Waals surface area contributed by atoms with Crippen molar-refractivity contribution in [3.8, 4) is 0 Å². The fraction of sp³-hybridized carbons (Fsp3) is 0.833. The van der Waals surface area contributed by atoms with E-state index in [1.165, 1.54) is 0 Å². The van der Waals surface area contributed by atoms with E-state index >= 15 is 0 Å². The second-order valence-corrected chi connectivity index (χ2v) is 11.2. The lowest BCUT2D eigenvalue weighted by atomic mass is 9.92. The minimum atomic E-state index is -0.777. The summed E-state index contributed by atoms with van der Waals surface area (Å²) in [6, 6.07) is -0.167. The third kappa shape index (κ3) is 9.77. The van der Waals surface area contributed by atoms with Crippen molar-refractivity contribution in [1.82, 2.24) is 9.80 Å². The maximum atomic E-state index is 11.9. The summed E-state index contributed by atoms with van der Waals surface area (Å²) in [6.07, 6.45) is 1.28. The van der Waals surface area contributed by atoms with E-state index in [1.807, 2.05) is 55.4 Å². The van der Waals surface area contributed by atoms with Crippen LogP contribution < -0.4 is 0 Å². The molecule has 10 nitrogen and oxygen atoms in total. The fourth-order valence-electron chi connectivity index (χ4n) is 3.98. The highest BCUT2D eigenvalue weighted by molar-refractivity contribution is 5.73. The van der Waals surface area contributed by atoms with Crippen molar-refractivity contribution in [2.24, 2.45) is 11.8 Å². The Kier molecular flexibility index (Phi) is 10.2. The molecule has 2 saturated heterocycles. The molecule has 196 valence electrons. The minimum absolute atomic E-state index is 0.0836. The van der Waals surface area contributed by atoms with E-state index in [4.69, 9.17) is 19.7 Å². The van der Waals surface area contributed by atoms with E-state index in [1.54, 1.807) is 9.80 Å². The average Bonchev–Trinajstić information content (AvgIpc) is 2.65. The van der Waals surface area contributed by atoms with Gasteiger partial charge >= 0.3 is 24.1 Å². The molecule has 2 amide bonds. The van der Waals surface area contributed by atoms with Crippen molar-refractivity contribution in [1.29, 1.82) is 0 Å². The number of hydrogen-bond donors (Lipinski definition) is 2. The van der Waals surface area contributed by atoms with Gasteiger partial charge < -0.3 is 29.5 Å². The molecule has 2 aliphatic heterocycles. The first-order chi connectivity index (χ1) is 15.4. The maximum Gasteiger partial charge on any atom is 0.410 e. The Morgan fingerprint density at radius 3 is 1.18 bits per heavy atom. The monoisotopic (exact) mass is 486 g/mol. The Morgan fingerprint density at radius 2 is 0.971 bits per heavy atom. The van der Waals surface area contributed by atoms with E-state index in [2.05, 4.69) is 0 Å². The minimum Gasteiger partial charge on any atom is -0.481 e. The lowest BCUT2D eigenvalue weighted by Crippen LogP contribution is -2.47. The molecule has 0 aromatic rings. The van der Waals surface area contributed by atoms with Gasteiger partial charge in [-0.1, -0.05) is 0 Å². The van der Waals surface area contributed by atoms with Crippen molar-refractivity contribution in [3.63, 3.8) is 0 Å². The van der Waals surface area contributed by atoms with Crippen molar-refractivity contribution in [2.75, 3.05) is 13.1 Å². The first-order valence-electron chi connectivity index (χ1n) is 11.9. The molecule has 2 aliphatic rings. The zero-order valence-corrected chi connectivity index (χ0v) is 21.8. The molecule has 0 bridgehead atoms. The molecule has 0 aromatic heterocycles. The number of likely N-dealkylation sites (tertiary alicyclic amines) is 2. The number of hydrogen-bond acceptors (Lipinski definition) is 6. The highest BCUT2D eigenvalue weighted by atomic mass is 16.6. The van der Waals surface area contributed by atoms with E-state index in [9.17, 15) is 19.2 Å². The normalized spacial score (nSPS) is 25.5. The number of carboxylic acids is 2. The summed E-state index contributed by atoms with van der Waals surface area (Å²) in [4.78, 5) is 48.7. The van der Waals surface area contributed by atoms with Gasteiger partial charge in [0, 0.05) is 25.2 Å². The van der Waals surface area contributed by atoms with Gasteiger partial charge in [0.1, 0.15) is 11.2 Å². The van der Waals surface area contributed by atoms with Crippen molar-refractivity contribution in [2.45, 2.75) is 104 Å². The molecule has 4 atom stereocenters. The summed E-state index contributed by atoms with van der Waals surface area (Å²) in [6.45, 7) is 15.5. The van der Waals surface area contributed by atoms with Crippen LogP contribution in [0.2, 0.25) is 0 Å². The second kappa shape index (κ2) is 11.8. The van der Waals surface area contributed by atoms with E-state index in [0.717, 1.165) is 0 Å². The fourth-order valence-corrected chi connectivity index (χ4v) is 3.98. The summed E-state index contributed by atoms with van der Waals surface area (Å²) in [7, 11) is 0. The topological polar surface area (TPSA) is 134 Å². The van der Waals surface area contributed by atoms with Crippen LogP contribution in [0.1, 0.15) is 81.1 Å². The molecule has 0 radical (unpaired) electrons. The molecular weight excluding hydrogens is 444 g/mol. The Bertz CT molecular complexity index is 678.